The van der Waals surface area contributed by atoms with E-state index >= 15 is 0 Å². The van der Waals surface area contributed by atoms with Gasteiger partial charge in [0.15, 0.2) is 0 Å². The van der Waals surface area contributed by atoms with Gasteiger partial charge in [-0.2, -0.15) is 0 Å². The SMILES string of the molecule is CCC(C)NC(CC(=O)O)Cc1cc(C)c(OC)cc1C. The summed E-state index contributed by atoms with van der Waals surface area (Å²) >= 11 is 0. The van der Waals surface area contributed by atoms with Gasteiger partial charge in [-0.1, -0.05) is 13.0 Å². The van der Waals surface area contributed by atoms with Gasteiger partial charge in [-0.05, 0) is 56.4 Å². The summed E-state index contributed by atoms with van der Waals surface area (Å²) < 4.78 is 5.32. The van der Waals surface area contributed by atoms with Gasteiger partial charge in [-0.25, -0.2) is 0 Å². The van der Waals surface area contributed by atoms with Crippen molar-refractivity contribution in [2.45, 2.75) is 59.0 Å². The molecule has 1 aromatic rings. The van der Waals surface area contributed by atoms with Crippen molar-refractivity contribution < 1.29 is 14.6 Å². The van der Waals surface area contributed by atoms with Crippen LogP contribution in [0.25, 0.3) is 0 Å². The summed E-state index contributed by atoms with van der Waals surface area (Å²) in [6.07, 6.45) is 1.83. The number of benzene rings is 1. The molecule has 0 fully saturated rings. The number of ether oxygens (including phenoxy) is 1. The van der Waals surface area contributed by atoms with E-state index in [4.69, 9.17) is 9.84 Å². The fraction of sp³-hybridized carbons (Fsp3) is 0.588. The highest BCUT2D eigenvalue weighted by Crippen LogP contribution is 2.24. The molecule has 0 saturated carbocycles. The van der Waals surface area contributed by atoms with E-state index in [1.54, 1.807) is 7.11 Å². The number of rotatable bonds is 8. The van der Waals surface area contributed by atoms with Gasteiger partial charge >= 0.3 is 5.97 Å². The minimum atomic E-state index is -0.765. The summed E-state index contributed by atoms with van der Waals surface area (Å²) in [5.41, 5.74) is 3.39. The zero-order valence-corrected chi connectivity index (χ0v) is 13.7. The number of carboxylic acids is 1. The van der Waals surface area contributed by atoms with E-state index in [-0.39, 0.29) is 12.5 Å². The van der Waals surface area contributed by atoms with Crippen LogP contribution in [0.3, 0.4) is 0 Å². The third kappa shape index (κ3) is 5.38. The molecule has 0 aromatic heterocycles. The highest BCUT2D eigenvalue weighted by molar-refractivity contribution is 5.67. The summed E-state index contributed by atoms with van der Waals surface area (Å²) in [6, 6.07) is 4.38. The second kappa shape index (κ2) is 8.03. The van der Waals surface area contributed by atoms with E-state index in [1.165, 1.54) is 5.56 Å². The van der Waals surface area contributed by atoms with Crippen LogP contribution in [0, 0.1) is 13.8 Å². The third-order valence-electron chi connectivity index (χ3n) is 3.87. The third-order valence-corrected chi connectivity index (χ3v) is 3.87. The predicted molar refractivity (Wildman–Crippen MR) is 85.1 cm³/mol. The number of methoxy groups -OCH3 is 1. The van der Waals surface area contributed by atoms with Gasteiger partial charge in [0, 0.05) is 12.1 Å². The molecule has 0 bridgehead atoms. The zero-order valence-electron chi connectivity index (χ0n) is 13.7. The lowest BCUT2D eigenvalue weighted by molar-refractivity contribution is -0.137. The first-order chi connectivity index (χ1) is 9.87. The molecule has 1 aromatic carbocycles. The molecule has 0 aliphatic rings. The van der Waals surface area contributed by atoms with Crippen molar-refractivity contribution in [2.75, 3.05) is 7.11 Å². The molecule has 4 nitrogen and oxygen atoms in total. The molecule has 0 heterocycles. The maximum Gasteiger partial charge on any atom is 0.304 e. The Hall–Kier alpha value is -1.55. The summed E-state index contributed by atoms with van der Waals surface area (Å²) in [4.78, 5) is 11.1. The standard InChI is InChI=1S/C17H27NO3/c1-6-13(4)18-15(10-17(19)20)9-14-7-12(3)16(21-5)8-11(14)2/h7-8,13,15,18H,6,9-10H2,1-5H3,(H,19,20). The van der Waals surface area contributed by atoms with Crippen molar-refractivity contribution in [3.63, 3.8) is 0 Å². The van der Waals surface area contributed by atoms with Crippen LogP contribution >= 0.6 is 0 Å². The molecule has 0 aliphatic heterocycles. The van der Waals surface area contributed by atoms with Gasteiger partial charge in [0.05, 0.1) is 13.5 Å². The Morgan fingerprint density at radius 1 is 1.33 bits per heavy atom. The van der Waals surface area contributed by atoms with Crippen LogP contribution in [0.15, 0.2) is 12.1 Å². The Morgan fingerprint density at radius 3 is 2.52 bits per heavy atom. The molecular weight excluding hydrogens is 266 g/mol. The molecular formula is C17H27NO3. The van der Waals surface area contributed by atoms with E-state index < -0.39 is 5.97 Å². The van der Waals surface area contributed by atoms with Crippen molar-refractivity contribution in [1.29, 1.82) is 0 Å². The van der Waals surface area contributed by atoms with Crippen molar-refractivity contribution in [1.82, 2.24) is 5.32 Å². The highest BCUT2D eigenvalue weighted by atomic mass is 16.5. The molecule has 21 heavy (non-hydrogen) atoms. The van der Waals surface area contributed by atoms with Gasteiger partial charge in [0.1, 0.15) is 5.75 Å². The molecule has 0 spiro atoms. The van der Waals surface area contributed by atoms with Gasteiger partial charge in [-0.15, -0.1) is 0 Å². The van der Waals surface area contributed by atoms with Crippen LogP contribution < -0.4 is 10.1 Å². The van der Waals surface area contributed by atoms with Crippen molar-refractivity contribution >= 4 is 5.97 Å². The Bertz CT molecular complexity index is 485. The van der Waals surface area contributed by atoms with Gasteiger partial charge in [-0.3, -0.25) is 4.79 Å². The number of carbonyl (C=O) groups is 1. The quantitative estimate of drug-likeness (QED) is 0.773. The molecule has 118 valence electrons. The number of carboxylic acid groups (broad SMARTS) is 1. The molecule has 0 aliphatic carbocycles. The molecule has 0 amide bonds. The summed E-state index contributed by atoms with van der Waals surface area (Å²) in [5, 5.41) is 12.5. The molecule has 2 N–H and O–H groups in total. The topological polar surface area (TPSA) is 58.6 Å². The van der Waals surface area contributed by atoms with E-state index in [9.17, 15) is 4.79 Å². The van der Waals surface area contributed by atoms with Gasteiger partial charge in [0.2, 0.25) is 0 Å². The molecule has 1 rings (SSSR count). The minimum Gasteiger partial charge on any atom is -0.496 e. The summed E-state index contributed by atoms with van der Waals surface area (Å²) in [7, 11) is 1.67. The molecule has 2 unspecified atom stereocenters. The van der Waals surface area contributed by atoms with Crippen molar-refractivity contribution in [3.05, 3.63) is 28.8 Å². The fourth-order valence-electron chi connectivity index (χ4n) is 2.48. The molecule has 0 radical (unpaired) electrons. The lowest BCUT2D eigenvalue weighted by Gasteiger charge is -2.22. The largest absolute Gasteiger partial charge is 0.496 e. The second-order valence-electron chi connectivity index (χ2n) is 5.72. The number of hydrogen-bond donors (Lipinski definition) is 2. The predicted octanol–water partition coefficient (Wildman–Crippen LogP) is 3.09. The maximum absolute atomic E-state index is 11.1. The number of aryl methyl sites for hydroxylation is 2. The second-order valence-corrected chi connectivity index (χ2v) is 5.72. The lowest BCUT2D eigenvalue weighted by Crippen LogP contribution is -2.39. The molecule has 2 atom stereocenters. The normalized spacial score (nSPS) is 13.8. The number of hydrogen-bond acceptors (Lipinski definition) is 3. The van der Waals surface area contributed by atoms with Crippen molar-refractivity contribution in [3.8, 4) is 5.75 Å². The van der Waals surface area contributed by atoms with E-state index in [1.807, 2.05) is 19.9 Å². The minimum absolute atomic E-state index is 0.0519. The van der Waals surface area contributed by atoms with E-state index in [0.717, 1.165) is 23.3 Å². The summed E-state index contributed by atoms with van der Waals surface area (Å²) in [6.45, 7) is 8.23. The first-order valence-corrected chi connectivity index (χ1v) is 7.49. The lowest BCUT2D eigenvalue weighted by atomic mass is 9.96. The Morgan fingerprint density at radius 2 is 2.00 bits per heavy atom. The van der Waals surface area contributed by atoms with Crippen LogP contribution in [-0.2, 0) is 11.2 Å². The molecule has 0 saturated heterocycles. The van der Waals surface area contributed by atoms with Crippen LogP contribution in [-0.4, -0.2) is 30.3 Å². The van der Waals surface area contributed by atoms with E-state index in [0.29, 0.717) is 12.5 Å². The zero-order chi connectivity index (χ0) is 16.0. The average Bonchev–Trinajstić information content (AvgIpc) is 2.41. The first-order valence-electron chi connectivity index (χ1n) is 7.49. The van der Waals surface area contributed by atoms with Crippen LogP contribution in [0.1, 0.15) is 43.4 Å². The Labute approximate surface area is 127 Å². The van der Waals surface area contributed by atoms with Crippen LogP contribution in [0.5, 0.6) is 5.75 Å². The summed E-state index contributed by atoms with van der Waals surface area (Å²) in [5.74, 6) is 0.111. The van der Waals surface area contributed by atoms with Crippen LogP contribution in [0.2, 0.25) is 0 Å². The van der Waals surface area contributed by atoms with E-state index in [2.05, 4.69) is 25.2 Å². The monoisotopic (exact) mass is 293 g/mol. The Kier molecular flexibility index (Phi) is 6.69. The number of nitrogens with one attached hydrogen (secondary N) is 1. The first kappa shape index (κ1) is 17.5. The maximum atomic E-state index is 11.1. The van der Waals surface area contributed by atoms with Crippen molar-refractivity contribution in [2.24, 2.45) is 0 Å². The van der Waals surface area contributed by atoms with Crippen LogP contribution in [0.4, 0.5) is 0 Å². The van der Waals surface area contributed by atoms with Gasteiger partial charge in [0.25, 0.3) is 0 Å². The molecule has 4 heteroatoms. The van der Waals surface area contributed by atoms with Gasteiger partial charge < -0.3 is 15.2 Å². The highest BCUT2D eigenvalue weighted by Gasteiger charge is 2.17. The average molecular weight is 293 g/mol. The number of aliphatic carboxylic acids is 1. The Balaban J connectivity index is 2.91. The fourth-order valence-corrected chi connectivity index (χ4v) is 2.48. The smallest absolute Gasteiger partial charge is 0.304 e.